The van der Waals surface area contributed by atoms with E-state index in [1.54, 1.807) is 19.1 Å². The number of hydrogen-bond acceptors (Lipinski definition) is 7. The first-order valence-electron chi connectivity index (χ1n) is 12.7. The van der Waals surface area contributed by atoms with Gasteiger partial charge in [-0.25, -0.2) is 13.8 Å². The van der Waals surface area contributed by atoms with Crippen molar-refractivity contribution in [3.8, 4) is 23.0 Å². The second-order valence-electron chi connectivity index (χ2n) is 7.96. The van der Waals surface area contributed by atoms with Gasteiger partial charge >= 0.3 is 0 Å². The minimum Gasteiger partial charge on any atom is -0.493 e. The number of hydrogen-bond donors (Lipinski definition) is 1. The highest BCUT2D eigenvalue weighted by Crippen LogP contribution is 2.34. The van der Waals surface area contributed by atoms with E-state index >= 15 is 0 Å². The van der Waals surface area contributed by atoms with Crippen LogP contribution in [0.1, 0.15) is 37.6 Å². The van der Waals surface area contributed by atoms with Crippen molar-refractivity contribution in [2.75, 3.05) is 45.0 Å². The van der Waals surface area contributed by atoms with Gasteiger partial charge in [0.25, 0.3) is 0 Å². The van der Waals surface area contributed by atoms with Crippen LogP contribution in [0.5, 0.6) is 23.0 Å². The molecule has 1 aromatic heterocycles. The Kier molecular flexibility index (Phi) is 13.0. The van der Waals surface area contributed by atoms with Crippen LogP contribution in [0.15, 0.2) is 41.3 Å². The standard InChI is InChI=1S/C10H11FO2.C9H11FO2.C8H10N2S.C2H6/c1-2-7-5-8(11)10-9(6-7)12-3-4-13-10;1-6-4-5-7(11-2)9(12-3)8(6)10;1-6-2-3-7-8(10-6)9-4-5-11-7;1-2/h5-6H,2-4H2,1H3;4-5H,1-3H3;2-3H,4-5H2,1H3,(H,9,10);1-2H3. The fourth-order valence-electron chi connectivity index (χ4n) is 3.47. The number of aryl methyl sites for hydroxylation is 3. The third-order valence-corrected chi connectivity index (χ3v) is 6.44. The SMILES string of the molecule is CC.CCc1cc(F)c2c(c1)OCCO2.COc1ccc(C)c(F)c1OC.Cc1ccc2c(n1)NCCS2. The molecule has 5 rings (SSSR count). The van der Waals surface area contributed by atoms with Crippen molar-refractivity contribution < 1.29 is 27.7 Å². The molecule has 0 amide bonds. The van der Waals surface area contributed by atoms with Crippen molar-refractivity contribution in [2.24, 2.45) is 0 Å². The number of fused-ring (bicyclic) bond motifs is 2. The maximum atomic E-state index is 13.3. The second-order valence-corrected chi connectivity index (χ2v) is 9.10. The molecule has 0 radical (unpaired) electrons. The molecule has 0 atom stereocenters. The van der Waals surface area contributed by atoms with Crippen LogP contribution >= 0.6 is 11.8 Å². The third kappa shape index (κ3) is 8.41. The summed E-state index contributed by atoms with van der Waals surface area (Å²) in [5, 5.41) is 3.27. The van der Waals surface area contributed by atoms with E-state index in [-0.39, 0.29) is 23.1 Å². The summed E-state index contributed by atoms with van der Waals surface area (Å²) in [6.07, 6.45) is 0.799. The first-order chi connectivity index (χ1) is 18.4. The highest BCUT2D eigenvalue weighted by atomic mass is 32.2. The number of benzene rings is 2. The molecule has 6 nitrogen and oxygen atoms in total. The Morgan fingerprint density at radius 1 is 1.00 bits per heavy atom. The van der Waals surface area contributed by atoms with Crippen LogP contribution in [-0.2, 0) is 6.42 Å². The van der Waals surface area contributed by atoms with Crippen LogP contribution in [0.3, 0.4) is 0 Å². The Labute approximate surface area is 229 Å². The summed E-state index contributed by atoms with van der Waals surface area (Å²) in [7, 11) is 2.90. The van der Waals surface area contributed by atoms with Crippen LogP contribution in [0.4, 0.5) is 14.6 Å². The number of aromatic nitrogens is 1. The van der Waals surface area contributed by atoms with E-state index in [0.717, 1.165) is 35.8 Å². The number of ether oxygens (including phenoxy) is 4. The minimum atomic E-state index is -0.364. The van der Waals surface area contributed by atoms with Crippen molar-refractivity contribution in [3.05, 3.63) is 64.9 Å². The Morgan fingerprint density at radius 3 is 2.42 bits per heavy atom. The minimum absolute atomic E-state index is 0.164. The number of rotatable bonds is 3. The molecule has 0 saturated carbocycles. The van der Waals surface area contributed by atoms with Gasteiger partial charge in [0.15, 0.2) is 34.6 Å². The smallest absolute Gasteiger partial charge is 0.197 e. The molecule has 0 unspecified atom stereocenters. The number of pyridine rings is 1. The van der Waals surface area contributed by atoms with Gasteiger partial charge in [-0.2, -0.15) is 0 Å². The van der Waals surface area contributed by atoms with Crippen LogP contribution in [0, 0.1) is 25.5 Å². The number of nitrogens with zero attached hydrogens (tertiary/aromatic N) is 1. The number of methoxy groups -OCH3 is 2. The second kappa shape index (κ2) is 15.9. The van der Waals surface area contributed by atoms with Gasteiger partial charge in [0, 0.05) is 22.9 Å². The molecule has 9 heteroatoms. The molecule has 0 fully saturated rings. The molecule has 1 N–H and O–H groups in total. The Hall–Kier alpha value is -3.20. The molecule has 2 aliphatic rings. The largest absolute Gasteiger partial charge is 0.493 e. The quantitative estimate of drug-likeness (QED) is 0.370. The summed E-state index contributed by atoms with van der Waals surface area (Å²) in [5.74, 6) is 2.88. The summed E-state index contributed by atoms with van der Waals surface area (Å²) in [5.41, 5.74) is 2.56. The Balaban J connectivity index is 0.000000194. The summed E-state index contributed by atoms with van der Waals surface area (Å²) in [6, 6.07) is 10.8. The van der Waals surface area contributed by atoms with Gasteiger partial charge in [0.05, 0.1) is 14.2 Å². The van der Waals surface area contributed by atoms with E-state index in [2.05, 4.69) is 22.4 Å². The molecule has 2 aromatic carbocycles. The van der Waals surface area contributed by atoms with Crippen LogP contribution in [-0.4, -0.2) is 44.7 Å². The third-order valence-electron chi connectivity index (χ3n) is 5.39. The molecular formula is C29H38F2N2O4S. The topological polar surface area (TPSA) is 61.8 Å². The molecule has 0 spiro atoms. The average Bonchev–Trinajstić information content (AvgIpc) is 2.96. The van der Waals surface area contributed by atoms with Crippen molar-refractivity contribution in [2.45, 2.75) is 45.9 Å². The van der Waals surface area contributed by atoms with Gasteiger partial charge < -0.3 is 24.3 Å². The predicted octanol–water partition coefficient (Wildman–Crippen LogP) is 7.24. The first-order valence-corrected chi connectivity index (χ1v) is 13.7. The molecule has 0 aliphatic carbocycles. The van der Waals surface area contributed by atoms with Crippen LogP contribution in [0.25, 0.3) is 0 Å². The van der Waals surface area contributed by atoms with Gasteiger partial charge in [-0.3, -0.25) is 0 Å². The molecule has 3 heterocycles. The molecule has 3 aromatic rings. The molecule has 0 bridgehead atoms. The van der Waals surface area contributed by atoms with Gasteiger partial charge in [-0.1, -0.05) is 26.8 Å². The van der Waals surface area contributed by atoms with E-state index in [1.807, 2.05) is 45.5 Å². The molecular weight excluding hydrogens is 510 g/mol. The Morgan fingerprint density at radius 2 is 1.74 bits per heavy atom. The maximum absolute atomic E-state index is 13.3. The van der Waals surface area contributed by atoms with Gasteiger partial charge in [-0.05, 0) is 61.7 Å². The van der Waals surface area contributed by atoms with Gasteiger partial charge in [0.2, 0.25) is 0 Å². The Bertz CT molecular complexity index is 1180. The lowest BCUT2D eigenvalue weighted by atomic mass is 10.1. The van der Waals surface area contributed by atoms with E-state index in [0.29, 0.717) is 30.3 Å². The fraction of sp³-hybridized carbons (Fsp3) is 0.414. The normalized spacial score (nSPS) is 12.6. The highest BCUT2D eigenvalue weighted by Gasteiger charge is 2.17. The van der Waals surface area contributed by atoms with Crippen LogP contribution in [0.2, 0.25) is 0 Å². The molecule has 208 valence electrons. The van der Waals surface area contributed by atoms with Crippen LogP contribution < -0.4 is 24.3 Å². The molecule has 2 aliphatic heterocycles. The number of thioether (sulfide) groups is 1. The first kappa shape index (κ1) is 31.0. The number of halogens is 2. The van der Waals surface area contributed by atoms with E-state index in [4.69, 9.17) is 18.9 Å². The predicted molar refractivity (Wildman–Crippen MR) is 151 cm³/mol. The lowest BCUT2D eigenvalue weighted by molar-refractivity contribution is 0.164. The summed E-state index contributed by atoms with van der Waals surface area (Å²) < 4.78 is 46.7. The number of nitrogens with one attached hydrogen (secondary N) is 1. The monoisotopic (exact) mass is 548 g/mol. The zero-order valence-electron chi connectivity index (χ0n) is 23.2. The fourth-order valence-corrected chi connectivity index (χ4v) is 4.32. The highest BCUT2D eigenvalue weighted by molar-refractivity contribution is 7.99. The van der Waals surface area contributed by atoms with Gasteiger partial charge in [-0.15, -0.1) is 11.8 Å². The number of anilines is 1. The lowest BCUT2D eigenvalue weighted by Crippen LogP contribution is -2.16. The summed E-state index contributed by atoms with van der Waals surface area (Å²) >= 11 is 1.87. The van der Waals surface area contributed by atoms with E-state index in [9.17, 15) is 8.78 Å². The van der Waals surface area contributed by atoms with Crippen molar-refractivity contribution in [1.82, 2.24) is 4.98 Å². The summed E-state index contributed by atoms with van der Waals surface area (Å²) in [4.78, 5) is 5.66. The summed E-state index contributed by atoms with van der Waals surface area (Å²) in [6.45, 7) is 11.6. The van der Waals surface area contributed by atoms with E-state index < -0.39 is 0 Å². The average molecular weight is 549 g/mol. The molecule has 0 saturated heterocycles. The van der Waals surface area contributed by atoms with E-state index in [1.165, 1.54) is 25.2 Å². The molecule has 38 heavy (non-hydrogen) atoms. The van der Waals surface area contributed by atoms with Gasteiger partial charge in [0.1, 0.15) is 19.0 Å². The maximum Gasteiger partial charge on any atom is 0.197 e. The zero-order chi connectivity index (χ0) is 28.1. The van der Waals surface area contributed by atoms with Crippen molar-refractivity contribution in [3.63, 3.8) is 0 Å². The zero-order valence-corrected chi connectivity index (χ0v) is 24.1. The van der Waals surface area contributed by atoms with Crippen molar-refractivity contribution >= 4 is 17.6 Å². The van der Waals surface area contributed by atoms with Crippen molar-refractivity contribution in [1.29, 1.82) is 0 Å². The lowest BCUT2D eigenvalue weighted by Gasteiger charge is -2.19.